The first kappa shape index (κ1) is 18.1. The Balaban J connectivity index is 1.66. The van der Waals surface area contributed by atoms with Gasteiger partial charge in [0.2, 0.25) is 5.91 Å². The number of aryl methyl sites for hydroxylation is 1. The maximum atomic E-state index is 13.5. The van der Waals surface area contributed by atoms with Gasteiger partial charge in [0.05, 0.1) is 6.54 Å². The van der Waals surface area contributed by atoms with Crippen molar-refractivity contribution in [3.05, 3.63) is 65.0 Å². The molecule has 6 nitrogen and oxygen atoms in total. The van der Waals surface area contributed by atoms with Crippen molar-refractivity contribution < 1.29 is 17.6 Å². The Bertz CT molecular complexity index is 1000. The predicted octanol–water partition coefficient (Wildman–Crippen LogP) is 1.83. The van der Waals surface area contributed by atoms with E-state index in [0.717, 1.165) is 0 Å². The van der Waals surface area contributed by atoms with Gasteiger partial charge in [0.1, 0.15) is 10.7 Å². The lowest BCUT2D eigenvalue weighted by Crippen LogP contribution is -2.38. The number of rotatable bonds is 4. The molecule has 136 valence electrons. The molecule has 1 heterocycles. The molecule has 0 saturated heterocycles. The topological polar surface area (TPSA) is 78.8 Å². The van der Waals surface area contributed by atoms with Crippen molar-refractivity contribution in [3.8, 4) is 0 Å². The van der Waals surface area contributed by atoms with E-state index in [1.54, 1.807) is 44.3 Å². The molecule has 0 radical (unpaired) electrons. The summed E-state index contributed by atoms with van der Waals surface area (Å²) in [5.74, 6) is -0.411. The fourth-order valence-corrected chi connectivity index (χ4v) is 3.91. The monoisotopic (exact) mass is 375 g/mol. The highest BCUT2D eigenvalue weighted by molar-refractivity contribution is 7.90. The standard InChI is InChI=1S/C18H18FN3O3S/c1-12-7-8-13(9-15(12)19)10-20-17(23)11-22(2)18-14-5-3-4-6-16(14)26(24,25)21-18/h3-9H,10-11H2,1-2H3,(H,20,23). The average Bonchev–Trinajstić information content (AvgIpc) is 2.88. The minimum atomic E-state index is -3.73. The summed E-state index contributed by atoms with van der Waals surface area (Å²) in [6.07, 6.45) is 0. The summed E-state index contributed by atoms with van der Waals surface area (Å²) in [6, 6.07) is 11.3. The molecular formula is C18H18FN3O3S. The quantitative estimate of drug-likeness (QED) is 0.884. The lowest BCUT2D eigenvalue weighted by molar-refractivity contribution is -0.121. The number of amides is 1. The van der Waals surface area contributed by atoms with Crippen LogP contribution in [0, 0.1) is 12.7 Å². The largest absolute Gasteiger partial charge is 0.350 e. The predicted molar refractivity (Wildman–Crippen MR) is 95.8 cm³/mol. The van der Waals surface area contributed by atoms with E-state index in [1.807, 2.05) is 0 Å². The van der Waals surface area contributed by atoms with Crippen LogP contribution < -0.4 is 5.32 Å². The summed E-state index contributed by atoms with van der Waals surface area (Å²) in [5, 5.41) is 2.69. The summed E-state index contributed by atoms with van der Waals surface area (Å²) in [7, 11) is -2.13. The van der Waals surface area contributed by atoms with E-state index in [4.69, 9.17) is 0 Å². The summed E-state index contributed by atoms with van der Waals surface area (Å²) in [4.78, 5) is 13.8. The highest BCUT2D eigenvalue weighted by atomic mass is 32.2. The summed E-state index contributed by atoms with van der Waals surface area (Å²) < 4.78 is 41.5. The number of amidine groups is 1. The molecule has 0 aliphatic carbocycles. The second-order valence-electron chi connectivity index (χ2n) is 6.10. The highest BCUT2D eigenvalue weighted by Gasteiger charge is 2.30. The van der Waals surface area contributed by atoms with Crippen molar-refractivity contribution in [2.45, 2.75) is 18.4 Å². The number of hydrogen-bond acceptors (Lipinski definition) is 4. The molecule has 0 fully saturated rings. The van der Waals surface area contributed by atoms with Crippen LogP contribution in [-0.2, 0) is 21.4 Å². The first-order valence-corrected chi connectivity index (χ1v) is 9.39. The zero-order valence-electron chi connectivity index (χ0n) is 14.4. The number of halogens is 1. The van der Waals surface area contributed by atoms with Gasteiger partial charge in [-0.2, -0.15) is 8.42 Å². The molecule has 26 heavy (non-hydrogen) atoms. The zero-order valence-corrected chi connectivity index (χ0v) is 15.2. The van der Waals surface area contributed by atoms with Crippen molar-refractivity contribution in [1.29, 1.82) is 0 Å². The molecule has 0 aromatic heterocycles. The molecule has 2 aromatic carbocycles. The molecule has 0 spiro atoms. The van der Waals surface area contributed by atoms with Crippen LogP contribution in [0.4, 0.5) is 4.39 Å². The minimum Gasteiger partial charge on any atom is -0.350 e. The first-order chi connectivity index (χ1) is 12.3. The van der Waals surface area contributed by atoms with Crippen LogP contribution >= 0.6 is 0 Å². The number of nitrogens with one attached hydrogen (secondary N) is 1. The molecule has 0 bridgehead atoms. The van der Waals surface area contributed by atoms with Crippen LogP contribution in [0.5, 0.6) is 0 Å². The van der Waals surface area contributed by atoms with Gasteiger partial charge in [0, 0.05) is 19.2 Å². The lowest BCUT2D eigenvalue weighted by atomic mass is 10.1. The van der Waals surface area contributed by atoms with Crippen molar-refractivity contribution in [2.24, 2.45) is 4.40 Å². The Morgan fingerprint density at radius 3 is 2.69 bits per heavy atom. The third kappa shape index (κ3) is 3.60. The maximum absolute atomic E-state index is 13.5. The van der Waals surface area contributed by atoms with E-state index >= 15 is 0 Å². The molecular weight excluding hydrogens is 357 g/mol. The van der Waals surface area contributed by atoms with Crippen LogP contribution in [0.25, 0.3) is 0 Å². The molecule has 8 heteroatoms. The molecule has 1 aliphatic heterocycles. The van der Waals surface area contributed by atoms with E-state index < -0.39 is 10.0 Å². The SMILES string of the molecule is Cc1ccc(CNC(=O)CN(C)C2=NS(=O)(=O)c3ccccc32)cc1F. The Morgan fingerprint density at radius 1 is 1.23 bits per heavy atom. The smallest absolute Gasteiger partial charge is 0.285 e. The summed E-state index contributed by atoms with van der Waals surface area (Å²) in [5.41, 5.74) is 1.66. The molecule has 1 amide bonds. The van der Waals surface area contributed by atoms with Gasteiger partial charge in [-0.3, -0.25) is 4.79 Å². The van der Waals surface area contributed by atoms with E-state index in [1.165, 1.54) is 17.0 Å². The normalized spacial score (nSPS) is 14.5. The van der Waals surface area contributed by atoms with Gasteiger partial charge in [-0.05, 0) is 36.2 Å². The lowest BCUT2D eigenvalue weighted by Gasteiger charge is -2.18. The van der Waals surface area contributed by atoms with Crippen molar-refractivity contribution >= 4 is 21.8 Å². The van der Waals surface area contributed by atoms with E-state index in [2.05, 4.69) is 9.71 Å². The van der Waals surface area contributed by atoms with Crippen LogP contribution in [0.2, 0.25) is 0 Å². The van der Waals surface area contributed by atoms with Crippen molar-refractivity contribution in [2.75, 3.05) is 13.6 Å². The molecule has 0 saturated carbocycles. The summed E-state index contributed by atoms with van der Waals surface area (Å²) in [6.45, 7) is 1.78. The number of carbonyl (C=O) groups is 1. The number of sulfonamides is 1. The molecule has 1 aliphatic rings. The fourth-order valence-electron chi connectivity index (χ4n) is 2.66. The molecule has 0 unspecified atom stereocenters. The van der Waals surface area contributed by atoms with Crippen molar-refractivity contribution in [3.63, 3.8) is 0 Å². The Hall–Kier alpha value is -2.74. The molecule has 0 atom stereocenters. The number of benzene rings is 2. The van der Waals surface area contributed by atoms with Gasteiger partial charge in [-0.1, -0.05) is 24.3 Å². The number of likely N-dealkylation sites (N-methyl/N-ethyl adjacent to an activating group) is 1. The first-order valence-electron chi connectivity index (χ1n) is 7.95. The van der Waals surface area contributed by atoms with Gasteiger partial charge in [0.25, 0.3) is 10.0 Å². The van der Waals surface area contributed by atoms with Crippen LogP contribution in [0.1, 0.15) is 16.7 Å². The van der Waals surface area contributed by atoms with E-state index in [-0.39, 0.29) is 35.5 Å². The van der Waals surface area contributed by atoms with Crippen LogP contribution in [0.3, 0.4) is 0 Å². The Kier molecular flexibility index (Phi) is 4.78. The van der Waals surface area contributed by atoms with Crippen molar-refractivity contribution in [1.82, 2.24) is 10.2 Å². The average molecular weight is 375 g/mol. The Labute approximate surface area is 151 Å². The third-order valence-electron chi connectivity index (χ3n) is 4.08. The van der Waals surface area contributed by atoms with Gasteiger partial charge in [0.15, 0.2) is 5.84 Å². The van der Waals surface area contributed by atoms with Gasteiger partial charge in [-0.15, -0.1) is 4.40 Å². The summed E-state index contributed by atoms with van der Waals surface area (Å²) >= 11 is 0. The van der Waals surface area contributed by atoms with E-state index in [9.17, 15) is 17.6 Å². The maximum Gasteiger partial charge on any atom is 0.285 e. The minimum absolute atomic E-state index is 0.0724. The third-order valence-corrected chi connectivity index (χ3v) is 5.41. The fraction of sp³-hybridized carbons (Fsp3) is 0.222. The van der Waals surface area contributed by atoms with Gasteiger partial charge in [-0.25, -0.2) is 4.39 Å². The van der Waals surface area contributed by atoms with Crippen LogP contribution in [0.15, 0.2) is 51.8 Å². The zero-order chi connectivity index (χ0) is 18.9. The number of carbonyl (C=O) groups excluding carboxylic acids is 1. The molecule has 2 aromatic rings. The van der Waals surface area contributed by atoms with Gasteiger partial charge < -0.3 is 10.2 Å². The highest BCUT2D eigenvalue weighted by Crippen LogP contribution is 2.26. The van der Waals surface area contributed by atoms with E-state index in [0.29, 0.717) is 16.7 Å². The van der Waals surface area contributed by atoms with Crippen LogP contribution in [-0.4, -0.2) is 38.7 Å². The number of nitrogens with zero attached hydrogens (tertiary/aromatic N) is 2. The van der Waals surface area contributed by atoms with Gasteiger partial charge >= 0.3 is 0 Å². The number of fused-ring (bicyclic) bond motifs is 1. The number of hydrogen-bond donors (Lipinski definition) is 1. The second-order valence-corrected chi connectivity index (χ2v) is 7.67. The Morgan fingerprint density at radius 2 is 1.96 bits per heavy atom. The second kappa shape index (κ2) is 6.87. The molecule has 3 rings (SSSR count). The molecule has 1 N–H and O–H groups in total.